The van der Waals surface area contributed by atoms with Gasteiger partial charge in [-0.05, 0) is 86.7 Å². The van der Waals surface area contributed by atoms with E-state index >= 15 is 0 Å². The first-order valence-electron chi connectivity index (χ1n) is 15.9. The molecule has 0 unspecified atom stereocenters. The first-order valence-corrected chi connectivity index (χ1v) is 16.6. The number of nitrogens with one attached hydrogen (secondary N) is 1. The minimum Gasteiger partial charge on any atom is -0.437 e. The summed E-state index contributed by atoms with van der Waals surface area (Å²) < 4.78 is 6.30. The lowest BCUT2D eigenvalue weighted by Crippen LogP contribution is -2.50. The summed E-state index contributed by atoms with van der Waals surface area (Å²) in [4.78, 5) is 28.3. The molecule has 8 nitrogen and oxygen atoms in total. The van der Waals surface area contributed by atoms with Crippen LogP contribution in [0, 0.1) is 5.92 Å². The highest BCUT2D eigenvalue weighted by atomic mass is 35.5. The molecular formula is C34H44Cl2N6O2. The van der Waals surface area contributed by atoms with Crippen LogP contribution in [0.5, 0.6) is 11.6 Å². The number of aromatic nitrogens is 2. The predicted octanol–water partition coefficient (Wildman–Crippen LogP) is 6.90. The number of benzene rings is 1. The number of hydrogen-bond donors (Lipinski definition) is 1. The molecule has 0 bridgehead atoms. The van der Waals surface area contributed by atoms with Gasteiger partial charge in [0, 0.05) is 73.9 Å². The van der Waals surface area contributed by atoms with Crippen LogP contribution in [0.2, 0.25) is 10.0 Å². The highest BCUT2D eigenvalue weighted by Gasteiger charge is 2.23. The van der Waals surface area contributed by atoms with E-state index in [0.29, 0.717) is 33.6 Å². The Kier molecular flexibility index (Phi) is 11.4. The van der Waals surface area contributed by atoms with Crippen LogP contribution in [0.25, 0.3) is 11.3 Å². The number of hydrogen-bond acceptors (Lipinski definition) is 7. The van der Waals surface area contributed by atoms with Gasteiger partial charge in [-0.1, -0.05) is 37.0 Å². The quantitative estimate of drug-likeness (QED) is 0.245. The molecule has 0 saturated carbocycles. The summed E-state index contributed by atoms with van der Waals surface area (Å²) in [6.07, 6.45) is 6.28. The second kappa shape index (κ2) is 15.4. The highest BCUT2D eigenvalue weighted by Crippen LogP contribution is 2.31. The Morgan fingerprint density at radius 1 is 0.977 bits per heavy atom. The van der Waals surface area contributed by atoms with Gasteiger partial charge in [-0.2, -0.15) is 0 Å². The third-order valence-electron chi connectivity index (χ3n) is 8.81. The van der Waals surface area contributed by atoms with E-state index in [-0.39, 0.29) is 5.91 Å². The van der Waals surface area contributed by atoms with E-state index in [2.05, 4.69) is 39.9 Å². The zero-order valence-electron chi connectivity index (χ0n) is 26.1. The van der Waals surface area contributed by atoms with E-state index in [1.54, 1.807) is 19.2 Å². The van der Waals surface area contributed by atoms with E-state index in [0.717, 1.165) is 87.8 Å². The molecule has 44 heavy (non-hydrogen) atoms. The summed E-state index contributed by atoms with van der Waals surface area (Å²) in [6.45, 7) is 13.7. The average Bonchev–Trinajstić information content (AvgIpc) is 3.01. The number of halogens is 2. The number of ether oxygens (including phenoxy) is 1. The number of pyridine rings is 2. The largest absolute Gasteiger partial charge is 0.437 e. The number of carbonyl (C=O) groups excluding carboxylic acids is 1. The molecular weight excluding hydrogens is 595 g/mol. The van der Waals surface area contributed by atoms with E-state index in [4.69, 9.17) is 37.9 Å². The lowest BCUT2D eigenvalue weighted by Gasteiger charge is -2.39. The van der Waals surface area contributed by atoms with Crippen molar-refractivity contribution in [2.24, 2.45) is 5.92 Å². The van der Waals surface area contributed by atoms with Gasteiger partial charge in [-0.15, -0.1) is 0 Å². The number of amides is 1. The molecule has 3 aromatic rings. The van der Waals surface area contributed by atoms with E-state index in [9.17, 15) is 4.79 Å². The Balaban J connectivity index is 1.28. The van der Waals surface area contributed by atoms with Gasteiger partial charge in [-0.3, -0.25) is 14.6 Å². The molecule has 1 amide bonds. The van der Waals surface area contributed by atoms with E-state index < -0.39 is 0 Å². The van der Waals surface area contributed by atoms with Gasteiger partial charge < -0.3 is 15.0 Å². The Morgan fingerprint density at radius 3 is 2.30 bits per heavy atom. The van der Waals surface area contributed by atoms with Crippen molar-refractivity contribution in [3.63, 3.8) is 0 Å². The van der Waals surface area contributed by atoms with Crippen molar-refractivity contribution in [3.05, 3.63) is 64.3 Å². The maximum atomic E-state index is 11.3. The Labute approximate surface area is 271 Å². The van der Waals surface area contributed by atoms with Crippen LogP contribution in [0.1, 0.15) is 52.0 Å². The number of piperazine rings is 1. The lowest BCUT2D eigenvalue weighted by atomic mass is 9.96. The summed E-state index contributed by atoms with van der Waals surface area (Å²) in [5, 5.41) is 4.08. The second-order valence-corrected chi connectivity index (χ2v) is 12.8. The molecule has 2 fully saturated rings. The van der Waals surface area contributed by atoms with Gasteiger partial charge in [0.15, 0.2) is 0 Å². The normalized spacial score (nSPS) is 16.8. The van der Waals surface area contributed by atoms with Gasteiger partial charge in [0.1, 0.15) is 11.6 Å². The average molecular weight is 640 g/mol. The summed E-state index contributed by atoms with van der Waals surface area (Å²) >= 11 is 12.7. The van der Waals surface area contributed by atoms with Gasteiger partial charge in [0.2, 0.25) is 11.8 Å². The lowest BCUT2D eigenvalue weighted by molar-refractivity contribution is -0.119. The number of nitrogens with zero attached hydrogens (tertiary/aromatic N) is 5. The summed E-state index contributed by atoms with van der Waals surface area (Å²) in [7, 11) is 0. The van der Waals surface area contributed by atoms with Gasteiger partial charge in [0.25, 0.3) is 0 Å². The van der Waals surface area contributed by atoms with Crippen molar-refractivity contribution in [1.29, 1.82) is 0 Å². The van der Waals surface area contributed by atoms with Crippen LogP contribution < -0.4 is 15.0 Å². The fourth-order valence-electron chi connectivity index (χ4n) is 6.31. The molecule has 2 aliphatic heterocycles. The summed E-state index contributed by atoms with van der Waals surface area (Å²) in [5.74, 6) is 2.66. The molecule has 0 spiro atoms. The van der Waals surface area contributed by atoms with Gasteiger partial charge >= 0.3 is 0 Å². The van der Waals surface area contributed by atoms with Gasteiger partial charge in [-0.25, -0.2) is 9.97 Å². The van der Waals surface area contributed by atoms with E-state index in [1.807, 2.05) is 30.3 Å². The molecule has 2 aromatic heterocycles. The summed E-state index contributed by atoms with van der Waals surface area (Å²) in [5.41, 5.74) is 2.69. The molecule has 2 saturated heterocycles. The minimum atomic E-state index is 0.0329. The van der Waals surface area contributed by atoms with Crippen LogP contribution in [0.4, 0.5) is 5.82 Å². The number of likely N-dealkylation sites (tertiary alicyclic amines) is 1. The maximum Gasteiger partial charge on any atom is 0.220 e. The molecule has 1 aromatic carbocycles. The van der Waals surface area contributed by atoms with Crippen molar-refractivity contribution in [3.8, 4) is 22.9 Å². The molecule has 0 atom stereocenters. The van der Waals surface area contributed by atoms with Crippen molar-refractivity contribution in [1.82, 2.24) is 25.1 Å². The Morgan fingerprint density at radius 2 is 1.68 bits per heavy atom. The molecule has 2 aliphatic rings. The molecule has 10 heteroatoms. The van der Waals surface area contributed by atoms with Crippen molar-refractivity contribution in [2.75, 3.05) is 50.7 Å². The fraction of sp³-hybridized carbons (Fsp3) is 0.500. The zero-order valence-corrected chi connectivity index (χ0v) is 27.6. The number of rotatable bonds is 11. The SMILES string of the molecule is CCC(CC)N1CCN(c2ccc(Oc3cc(CN4CCC(CNC(C)=O)CC4)cc(-c4cc(Cl)cc(Cl)c4)n3)cn2)CC1. The zero-order chi connectivity index (χ0) is 31.1. The smallest absolute Gasteiger partial charge is 0.220 e. The van der Waals surface area contributed by atoms with E-state index in [1.165, 1.54) is 12.8 Å². The molecule has 1 N–H and O–H groups in total. The Hall–Kier alpha value is -2.91. The topological polar surface area (TPSA) is 73.8 Å². The third kappa shape index (κ3) is 8.84. The molecule has 236 valence electrons. The predicted molar refractivity (Wildman–Crippen MR) is 179 cm³/mol. The first-order chi connectivity index (χ1) is 21.3. The number of carbonyl (C=O) groups is 1. The number of anilines is 1. The van der Waals surface area contributed by atoms with Gasteiger partial charge in [0.05, 0.1) is 11.9 Å². The van der Waals surface area contributed by atoms with Crippen molar-refractivity contribution >= 4 is 34.9 Å². The van der Waals surface area contributed by atoms with Crippen LogP contribution in [0.3, 0.4) is 0 Å². The minimum absolute atomic E-state index is 0.0329. The highest BCUT2D eigenvalue weighted by molar-refractivity contribution is 6.35. The monoisotopic (exact) mass is 638 g/mol. The summed E-state index contributed by atoms with van der Waals surface area (Å²) in [6, 6.07) is 14.2. The van der Waals surface area contributed by atoms with Crippen LogP contribution in [-0.2, 0) is 11.3 Å². The molecule has 0 aliphatic carbocycles. The molecule has 5 rings (SSSR count). The first kappa shape index (κ1) is 32.5. The fourth-order valence-corrected chi connectivity index (χ4v) is 6.84. The molecule has 4 heterocycles. The number of piperidine rings is 1. The Bertz CT molecular complexity index is 1360. The van der Waals surface area contributed by atoms with Crippen LogP contribution in [0.15, 0.2) is 48.7 Å². The standard InChI is InChI=1S/C34H44Cl2N6O2/c1-4-30(5-2)41-12-14-42(15-13-41)33-7-6-31(22-38-33)44-34-17-26(16-32(39-34)27-18-28(35)20-29(36)19-27)23-40-10-8-25(9-11-40)21-37-24(3)43/h6-7,16-20,22,25,30H,4-5,8-15,21,23H2,1-3H3,(H,37,43). The second-order valence-electron chi connectivity index (χ2n) is 12.0. The van der Waals surface area contributed by atoms with Crippen molar-refractivity contribution in [2.45, 2.75) is 59.0 Å². The maximum absolute atomic E-state index is 11.3. The third-order valence-corrected chi connectivity index (χ3v) is 9.25. The van der Waals surface area contributed by atoms with Crippen molar-refractivity contribution < 1.29 is 9.53 Å². The van der Waals surface area contributed by atoms with Crippen LogP contribution in [-0.4, -0.2) is 77.5 Å². The van der Waals surface area contributed by atoms with Crippen LogP contribution >= 0.6 is 23.2 Å². The molecule has 0 radical (unpaired) electrons.